The maximum Gasteiger partial charge on any atom is 0.252 e. The highest BCUT2D eigenvalue weighted by Crippen LogP contribution is 2.21. The molecular formula is C13H17ClN2O3. The van der Waals surface area contributed by atoms with Crippen molar-refractivity contribution >= 4 is 23.2 Å². The lowest BCUT2D eigenvalue weighted by atomic mass is 9.94. The van der Waals surface area contributed by atoms with E-state index in [1.54, 1.807) is 12.1 Å². The maximum atomic E-state index is 12.0. The molecule has 0 spiro atoms. The number of amides is 1. The second-order valence-electron chi connectivity index (χ2n) is 4.76. The molecule has 6 heteroatoms. The minimum absolute atomic E-state index is 0.190. The van der Waals surface area contributed by atoms with Crippen LogP contribution in [0.4, 0.5) is 5.69 Å². The van der Waals surface area contributed by atoms with Gasteiger partial charge in [-0.25, -0.2) is 0 Å². The second kappa shape index (κ2) is 5.77. The third-order valence-corrected chi connectivity index (χ3v) is 3.55. The van der Waals surface area contributed by atoms with Crippen LogP contribution < -0.4 is 11.1 Å². The number of nitrogens with two attached hydrogens (primary N) is 1. The predicted molar refractivity (Wildman–Crippen MR) is 73.2 cm³/mol. The van der Waals surface area contributed by atoms with Crippen molar-refractivity contribution < 1.29 is 14.6 Å². The first-order valence-corrected chi connectivity index (χ1v) is 6.51. The van der Waals surface area contributed by atoms with Crippen LogP contribution in [0.1, 0.15) is 23.2 Å². The largest absolute Gasteiger partial charge is 0.399 e. The minimum Gasteiger partial charge on any atom is -0.399 e. The van der Waals surface area contributed by atoms with Gasteiger partial charge in [0, 0.05) is 38.3 Å². The Kier molecular flexibility index (Phi) is 4.29. The molecule has 0 atom stereocenters. The second-order valence-corrected chi connectivity index (χ2v) is 5.17. The lowest BCUT2D eigenvalue weighted by Gasteiger charge is -2.32. The number of rotatable bonds is 3. The molecule has 1 aromatic carbocycles. The van der Waals surface area contributed by atoms with Crippen molar-refractivity contribution in [2.24, 2.45) is 0 Å². The van der Waals surface area contributed by atoms with E-state index in [1.807, 2.05) is 0 Å². The van der Waals surface area contributed by atoms with Crippen molar-refractivity contribution in [3.8, 4) is 0 Å². The molecule has 1 fully saturated rings. The monoisotopic (exact) mass is 284 g/mol. The maximum absolute atomic E-state index is 12.0. The number of hydrogen-bond acceptors (Lipinski definition) is 4. The molecular weight excluding hydrogens is 268 g/mol. The quantitative estimate of drug-likeness (QED) is 0.728. The van der Waals surface area contributed by atoms with E-state index in [0.29, 0.717) is 42.3 Å². The number of anilines is 1. The zero-order valence-corrected chi connectivity index (χ0v) is 11.2. The van der Waals surface area contributed by atoms with E-state index in [1.165, 1.54) is 6.07 Å². The molecule has 1 heterocycles. The molecule has 104 valence electrons. The average molecular weight is 285 g/mol. The highest BCUT2D eigenvalue weighted by molar-refractivity contribution is 6.34. The Bertz CT molecular complexity index is 473. The summed E-state index contributed by atoms with van der Waals surface area (Å²) in [6, 6.07) is 4.71. The summed E-state index contributed by atoms with van der Waals surface area (Å²) in [5, 5.41) is 13.2. The fourth-order valence-corrected chi connectivity index (χ4v) is 2.26. The molecule has 1 saturated heterocycles. The fraction of sp³-hybridized carbons (Fsp3) is 0.462. The summed E-state index contributed by atoms with van der Waals surface area (Å²) in [6.07, 6.45) is 1.03. The van der Waals surface area contributed by atoms with Crippen molar-refractivity contribution in [3.05, 3.63) is 28.8 Å². The van der Waals surface area contributed by atoms with Gasteiger partial charge in [-0.15, -0.1) is 0 Å². The molecule has 5 nitrogen and oxygen atoms in total. The fourth-order valence-electron chi connectivity index (χ4n) is 1.98. The van der Waals surface area contributed by atoms with Gasteiger partial charge in [-0.2, -0.15) is 0 Å². The first kappa shape index (κ1) is 14.1. The van der Waals surface area contributed by atoms with E-state index in [4.69, 9.17) is 22.1 Å². The van der Waals surface area contributed by atoms with Gasteiger partial charge in [-0.1, -0.05) is 11.6 Å². The first-order chi connectivity index (χ1) is 9.00. The standard InChI is InChI=1S/C13H17ClN2O3/c14-11-7-9(15)1-2-10(11)12(17)16-8-13(18)3-5-19-6-4-13/h1-2,7,18H,3-6,8,15H2,(H,16,17). The van der Waals surface area contributed by atoms with Crippen molar-refractivity contribution in [3.63, 3.8) is 0 Å². The Balaban J connectivity index is 1.97. The number of nitrogens with one attached hydrogen (secondary N) is 1. The zero-order chi connectivity index (χ0) is 13.9. The van der Waals surface area contributed by atoms with Crippen LogP contribution in [0, 0.1) is 0 Å². The Morgan fingerprint density at radius 3 is 2.79 bits per heavy atom. The van der Waals surface area contributed by atoms with E-state index in [2.05, 4.69) is 5.32 Å². The van der Waals surface area contributed by atoms with E-state index < -0.39 is 5.60 Å². The van der Waals surface area contributed by atoms with Gasteiger partial charge in [-0.05, 0) is 18.2 Å². The molecule has 0 aliphatic carbocycles. The number of nitrogen functional groups attached to an aromatic ring is 1. The average Bonchev–Trinajstić information content (AvgIpc) is 2.37. The minimum atomic E-state index is -0.895. The van der Waals surface area contributed by atoms with Crippen LogP contribution >= 0.6 is 11.6 Å². The number of hydrogen-bond donors (Lipinski definition) is 3. The van der Waals surface area contributed by atoms with Crippen LogP contribution in [0.3, 0.4) is 0 Å². The molecule has 0 saturated carbocycles. The van der Waals surface area contributed by atoms with Crippen LogP contribution in [0.2, 0.25) is 5.02 Å². The van der Waals surface area contributed by atoms with Crippen LogP contribution in [0.25, 0.3) is 0 Å². The van der Waals surface area contributed by atoms with Crippen molar-refractivity contribution in [1.29, 1.82) is 0 Å². The number of halogens is 1. The molecule has 2 rings (SSSR count). The molecule has 0 bridgehead atoms. The molecule has 0 unspecified atom stereocenters. The molecule has 19 heavy (non-hydrogen) atoms. The molecule has 0 radical (unpaired) electrons. The number of benzene rings is 1. The topological polar surface area (TPSA) is 84.6 Å². The smallest absolute Gasteiger partial charge is 0.252 e. The molecule has 4 N–H and O–H groups in total. The number of carbonyl (C=O) groups excluding carboxylic acids is 1. The molecule has 1 aromatic rings. The summed E-state index contributed by atoms with van der Waals surface area (Å²) in [6.45, 7) is 1.21. The summed E-state index contributed by atoms with van der Waals surface area (Å²) in [4.78, 5) is 12.0. The van der Waals surface area contributed by atoms with Crippen LogP contribution in [0.5, 0.6) is 0 Å². The summed E-state index contributed by atoms with van der Waals surface area (Å²) in [7, 11) is 0. The molecule has 1 aliphatic rings. The third kappa shape index (κ3) is 3.59. The Morgan fingerprint density at radius 1 is 1.47 bits per heavy atom. The summed E-state index contributed by atoms with van der Waals surface area (Å²) in [5.41, 5.74) is 5.53. The van der Waals surface area contributed by atoms with E-state index in [-0.39, 0.29) is 12.5 Å². The summed E-state index contributed by atoms with van der Waals surface area (Å²) >= 11 is 5.96. The molecule has 0 aromatic heterocycles. The van der Waals surface area contributed by atoms with E-state index in [9.17, 15) is 9.90 Å². The lowest BCUT2D eigenvalue weighted by molar-refractivity contribution is -0.0605. The van der Waals surface area contributed by atoms with Gasteiger partial charge < -0.3 is 20.9 Å². The predicted octanol–water partition coefficient (Wildman–Crippen LogP) is 1.19. The van der Waals surface area contributed by atoms with Crippen LogP contribution in [0.15, 0.2) is 18.2 Å². The number of ether oxygens (including phenoxy) is 1. The highest BCUT2D eigenvalue weighted by Gasteiger charge is 2.30. The van der Waals surface area contributed by atoms with Gasteiger partial charge >= 0.3 is 0 Å². The van der Waals surface area contributed by atoms with Gasteiger partial charge in [0.15, 0.2) is 0 Å². The zero-order valence-electron chi connectivity index (χ0n) is 10.5. The Labute approximate surface area is 116 Å². The van der Waals surface area contributed by atoms with E-state index >= 15 is 0 Å². The summed E-state index contributed by atoms with van der Waals surface area (Å²) in [5.74, 6) is -0.315. The van der Waals surface area contributed by atoms with Crippen LogP contribution in [-0.2, 0) is 4.74 Å². The highest BCUT2D eigenvalue weighted by atomic mass is 35.5. The van der Waals surface area contributed by atoms with E-state index in [0.717, 1.165) is 0 Å². The molecule has 1 amide bonds. The third-order valence-electron chi connectivity index (χ3n) is 3.24. The Morgan fingerprint density at radius 2 is 2.16 bits per heavy atom. The van der Waals surface area contributed by atoms with Crippen molar-refractivity contribution in [2.75, 3.05) is 25.5 Å². The SMILES string of the molecule is Nc1ccc(C(=O)NCC2(O)CCOCC2)c(Cl)c1. The van der Waals surface area contributed by atoms with Crippen LogP contribution in [-0.4, -0.2) is 36.4 Å². The lowest BCUT2D eigenvalue weighted by Crippen LogP contribution is -2.46. The van der Waals surface area contributed by atoms with Gasteiger partial charge in [0.25, 0.3) is 5.91 Å². The van der Waals surface area contributed by atoms with Crippen molar-refractivity contribution in [1.82, 2.24) is 5.32 Å². The van der Waals surface area contributed by atoms with Gasteiger partial charge in [0.05, 0.1) is 16.2 Å². The Hall–Kier alpha value is -1.30. The van der Waals surface area contributed by atoms with Gasteiger partial charge in [0.1, 0.15) is 0 Å². The number of carbonyl (C=O) groups is 1. The number of aliphatic hydroxyl groups is 1. The van der Waals surface area contributed by atoms with Crippen molar-refractivity contribution in [2.45, 2.75) is 18.4 Å². The van der Waals surface area contributed by atoms with Gasteiger partial charge in [0.2, 0.25) is 0 Å². The first-order valence-electron chi connectivity index (χ1n) is 6.13. The van der Waals surface area contributed by atoms with Gasteiger partial charge in [-0.3, -0.25) is 4.79 Å². The summed E-state index contributed by atoms with van der Waals surface area (Å²) < 4.78 is 5.18. The normalized spacial score (nSPS) is 18.0. The molecule has 1 aliphatic heterocycles.